The van der Waals surface area contributed by atoms with Crippen LogP contribution in [0.2, 0.25) is 0 Å². The topological polar surface area (TPSA) is 66.0 Å². The number of benzene rings is 1. The maximum absolute atomic E-state index is 8.93. The maximum Gasteiger partial charge on any atom is 0.227 e. The highest BCUT2D eigenvalue weighted by Crippen LogP contribution is 2.23. The fourth-order valence-electron chi connectivity index (χ4n) is 2.97. The molecule has 0 saturated heterocycles. The summed E-state index contributed by atoms with van der Waals surface area (Å²) in [6.45, 7) is 6.29. The van der Waals surface area contributed by atoms with Crippen molar-refractivity contribution in [3.8, 4) is 16.8 Å². The van der Waals surface area contributed by atoms with Gasteiger partial charge in [0.05, 0.1) is 16.5 Å². The molecule has 6 heteroatoms. The molecule has 0 fully saturated rings. The Bertz CT molecular complexity index is 849. The molecule has 3 aromatic rings. The lowest BCUT2D eigenvalue weighted by molar-refractivity contribution is 0.216. The summed E-state index contributed by atoms with van der Waals surface area (Å²) >= 11 is 1.61. The number of hydrogen-bond donors (Lipinski definition) is 0. The number of rotatable bonds is 8. The minimum absolute atomic E-state index is 0.303. The monoisotopic (exact) mass is 366 g/mol. The summed E-state index contributed by atoms with van der Waals surface area (Å²) in [6.07, 6.45) is 1.73. The largest absolute Gasteiger partial charge is 0.339 e. The second kappa shape index (κ2) is 8.75. The second-order valence-electron chi connectivity index (χ2n) is 6.13. The van der Waals surface area contributed by atoms with E-state index in [1.807, 2.05) is 41.8 Å². The van der Waals surface area contributed by atoms with Crippen LogP contribution < -0.4 is 0 Å². The van der Waals surface area contributed by atoms with Crippen molar-refractivity contribution in [2.45, 2.75) is 32.7 Å². The maximum atomic E-state index is 8.93. The predicted molar refractivity (Wildman–Crippen MR) is 103 cm³/mol. The van der Waals surface area contributed by atoms with Gasteiger partial charge >= 0.3 is 0 Å². The standard InChI is InChI=1S/C20H22N4OS/c1-3-24(15(2)17-10-8-16(14-21)9-11-17)12-4-7-19-22-20(23-25-19)18-6-5-13-26-18/h5-6,8-11,13,15H,3-4,7,12H2,1-2H3. The Morgan fingerprint density at radius 1 is 1.27 bits per heavy atom. The average molecular weight is 366 g/mol. The first-order valence-electron chi connectivity index (χ1n) is 8.82. The molecule has 0 N–H and O–H groups in total. The van der Waals surface area contributed by atoms with Crippen LogP contribution in [0.5, 0.6) is 0 Å². The summed E-state index contributed by atoms with van der Waals surface area (Å²) in [5, 5.41) is 15.0. The van der Waals surface area contributed by atoms with E-state index in [0.29, 0.717) is 23.3 Å². The van der Waals surface area contributed by atoms with E-state index in [1.54, 1.807) is 11.3 Å². The van der Waals surface area contributed by atoms with Crippen molar-refractivity contribution in [2.75, 3.05) is 13.1 Å². The third-order valence-corrected chi connectivity index (χ3v) is 5.39. The van der Waals surface area contributed by atoms with E-state index in [4.69, 9.17) is 9.78 Å². The van der Waals surface area contributed by atoms with Gasteiger partial charge in [0.2, 0.25) is 11.7 Å². The number of nitrogens with zero attached hydrogens (tertiary/aromatic N) is 4. The molecule has 1 aromatic carbocycles. The molecule has 0 bridgehead atoms. The van der Waals surface area contributed by atoms with Gasteiger partial charge in [-0.3, -0.25) is 4.90 Å². The van der Waals surface area contributed by atoms with Gasteiger partial charge in [0, 0.05) is 12.5 Å². The van der Waals surface area contributed by atoms with E-state index in [0.717, 1.165) is 30.8 Å². The van der Waals surface area contributed by atoms with Gasteiger partial charge in [0.15, 0.2) is 0 Å². The molecule has 0 spiro atoms. The van der Waals surface area contributed by atoms with Crippen LogP contribution in [0.15, 0.2) is 46.3 Å². The van der Waals surface area contributed by atoms with Gasteiger partial charge in [0.25, 0.3) is 0 Å². The Morgan fingerprint density at radius 2 is 2.08 bits per heavy atom. The molecule has 0 aliphatic carbocycles. The molecule has 0 radical (unpaired) electrons. The predicted octanol–water partition coefficient (Wildman–Crippen LogP) is 4.69. The van der Waals surface area contributed by atoms with Crippen molar-refractivity contribution in [3.63, 3.8) is 0 Å². The molecule has 26 heavy (non-hydrogen) atoms. The summed E-state index contributed by atoms with van der Waals surface area (Å²) in [6, 6.07) is 14.3. The second-order valence-corrected chi connectivity index (χ2v) is 7.08. The minimum atomic E-state index is 0.303. The molecule has 0 saturated carbocycles. The van der Waals surface area contributed by atoms with Crippen molar-refractivity contribution in [2.24, 2.45) is 0 Å². The van der Waals surface area contributed by atoms with E-state index in [-0.39, 0.29) is 0 Å². The summed E-state index contributed by atoms with van der Waals surface area (Å²) in [7, 11) is 0. The number of thiophene rings is 1. The molecule has 5 nitrogen and oxygen atoms in total. The molecule has 2 aromatic heterocycles. The molecule has 0 aliphatic rings. The first-order valence-corrected chi connectivity index (χ1v) is 9.69. The fraction of sp³-hybridized carbons (Fsp3) is 0.350. The Kier molecular flexibility index (Phi) is 6.16. The van der Waals surface area contributed by atoms with Crippen LogP contribution in [-0.2, 0) is 6.42 Å². The first-order chi connectivity index (χ1) is 12.7. The van der Waals surface area contributed by atoms with Gasteiger partial charge in [0.1, 0.15) is 0 Å². The lowest BCUT2D eigenvalue weighted by Gasteiger charge is -2.28. The summed E-state index contributed by atoms with van der Waals surface area (Å²) in [5.74, 6) is 1.36. The quantitative estimate of drug-likeness (QED) is 0.579. The van der Waals surface area contributed by atoms with E-state index in [1.165, 1.54) is 5.56 Å². The lowest BCUT2D eigenvalue weighted by atomic mass is 10.0. The molecule has 134 valence electrons. The molecule has 3 rings (SSSR count). The third kappa shape index (κ3) is 4.37. The summed E-state index contributed by atoms with van der Waals surface area (Å²) in [5.41, 5.74) is 1.92. The minimum Gasteiger partial charge on any atom is -0.339 e. The highest BCUT2D eigenvalue weighted by Gasteiger charge is 2.15. The van der Waals surface area contributed by atoms with Gasteiger partial charge in [-0.2, -0.15) is 10.2 Å². The van der Waals surface area contributed by atoms with Crippen LogP contribution >= 0.6 is 11.3 Å². The first kappa shape index (κ1) is 18.3. The van der Waals surface area contributed by atoms with Gasteiger partial charge < -0.3 is 4.52 Å². The van der Waals surface area contributed by atoms with E-state index in [9.17, 15) is 0 Å². The van der Waals surface area contributed by atoms with Crippen LogP contribution in [0.3, 0.4) is 0 Å². The van der Waals surface area contributed by atoms with Crippen LogP contribution in [0.1, 0.15) is 43.3 Å². The van der Waals surface area contributed by atoms with Crippen molar-refractivity contribution in [1.82, 2.24) is 15.0 Å². The Hall–Kier alpha value is -2.49. The van der Waals surface area contributed by atoms with Crippen LogP contribution in [-0.4, -0.2) is 28.1 Å². The van der Waals surface area contributed by atoms with Gasteiger partial charge in [-0.05, 0) is 55.6 Å². The zero-order chi connectivity index (χ0) is 18.4. The summed E-state index contributed by atoms with van der Waals surface area (Å²) in [4.78, 5) is 7.93. The fourth-order valence-corrected chi connectivity index (χ4v) is 3.62. The number of nitriles is 1. The molecular weight excluding hydrogens is 344 g/mol. The Balaban J connectivity index is 1.54. The zero-order valence-corrected chi connectivity index (χ0v) is 15.9. The number of aromatic nitrogens is 2. The normalized spacial score (nSPS) is 12.2. The molecule has 0 amide bonds. The summed E-state index contributed by atoms with van der Waals surface area (Å²) < 4.78 is 5.37. The molecule has 1 atom stereocenters. The molecule has 1 unspecified atom stereocenters. The number of hydrogen-bond acceptors (Lipinski definition) is 6. The van der Waals surface area contributed by atoms with Gasteiger partial charge in [-0.25, -0.2) is 0 Å². The number of aryl methyl sites for hydroxylation is 1. The molecular formula is C20H22N4OS. The van der Waals surface area contributed by atoms with Crippen LogP contribution in [0, 0.1) is 11.3 Å². The molecule has 0 aliphatic heterocycles. The van der Waals surface area contributed by atoms with E-state index in [2.05, 4.69) is 35.0 Å². The van der Waals surface area contributed by atoms with Crippen molar-refractivity contribution in [3.05, 3.63) is 58.8 Å². The molecule has 2 heterocycles. The lowest BCUT2D eigenvalue weighted by Crippen LogP contribution is -2.28. The van der Waals surface area contributed by atoms with Gasteiger partial charge in [-0.15, -0.1) is 11.3 Å². The highest BCUT2D eigenvalue weighted by atomic mass is 32.1. The SMILES string of the molecule is CCN(CCCc1nc(-c2cccs2)no1)C(C)c1ccc(C#N)cc1. The van der Waals surface area contributed by atoms with Gasteiger partial charge in [-0.1, -0.05) is 30.3 Å². The Morgan fingerprint density at radius 3 is 2.73 bits per heavy atom. The third-order valence-electron chi connectivity index (χ3n) is 4.52. The zero-order valence-electron chi connectivity index (χ0n) is 15.1. The smallest absolute Gasteiger partial charge is 0.227 e. The van der Waals surface area contributed by atoms with Crippen molar-refractivity contribution in [1.29, 1.82) is 5.26 Å². The Labute approximate surface area is 157 Å². The van der Waals surface area contributed by atoms with Crippen molar-refractivity contribution < 1.29 is 4.52 Å². The highest BCUT2D eigenvalue weighted by molar-refractivity contribution is 7.13. The van der Waals surface area contributed by atoms with E-state index < -0.39 is 0 Å². The van der Waals surface area contributed by atoms with Crippen LogP contribution in [0.4, 0.5) is 0 Å². The van der Waals surface area contributed by atoms with Crippen molar-refractivity contribution >= 4 is 11.3 Å². The van der Waals surface area contributed by atoms with E-state index >= 15 is 0 Å². The average Bonchev–Trinajstić information content (AvgIpc) is 3.36. The van der Waals surface area contributed by atoms with Crippen LogP contribution in [0.25, 0.3) is 10.7 Å².